The Kier molecular flexibility index (Phi) is 7.02. The third kappa shape index (κ3) is 4.82. The molecule has 5 aromatic rings. The Balaban J connectivity index is 1.40. The molecule has 3 fully saturated rings. The summed E-state index contributed by atoms with van der Waals surface area (Å²) in [6.07, 6.45) is 9.87. The lowest BCUT2D eigenvalue weighted by Crippen LogP contribution is -2.46. The number of piperidine rings is 1. The molecule has 248 valence electrons. The predicted molar refractivity (Wildman–Crippen MR) is 177 cm³/mol. The van der Waals surface area contributed by atoms with Gasteiger partial charge in [-0.15, -0.1) is 6.42 Å². The normalized spacial score (nSPS) is 24.5. The fourth-order valence-electron chi connectivity index (χ4n) is 8.26. The summed E-state index contributed by atoms with van der Waals surface area (Å²) < 4.78 is 54.9. The van der Waals surface area contributed by atoms with Crippen LogP contribution < -0.4 is 9.64 Å². The molecular formula is C36H35F3N6O3. The van der Waals surface area contributed by atoms with Gasteiger partial charge in [-0.1, -0.05) is 12.0 Å². The summed E-state index contributed by atoms with van der Waals surface area (Å²) in [7, 11) is 1.71. The van der Waals surface area contributed by atoms with E-state index >= 15 is 8.78 Å². The first-order chi connectivity index (χ1) is 23.0. The van der Waals surface area contributed by atoms with Crippen molar-refractivity contribution in [2.24, 2.45) is 7.05 Å². The van der Waals surface area contributed by atoms with E-state index in [1.165, 1.54) is 24.3 Å². The van der Waals surface area contributed by atoms with Crippen molar-refractivity contribution >= 4 is 38.4 Å². The average Bonchev–Trinajstić information content (AvgIpc) is 3.70. The monoisotopic (exact) mass is 656 g/mol. The number of terminal acetylenes is 1. The first-order valence-corrected chi connectivity index (χ1v) is 16.2. The minimum atomic E-state index is -1.01. The molecule has 2 N–H and O–H groups in total. The number of phenolic OH excluding ortho intramolecular Hbond substituents is 1. The van der Waals surface area contributed by atoms with E-state index in [1.54, 1.807) is 24.9 Å². The van der Waals surface area contributed by atoms with Gasteiger partial charge in [-0.3, -0.25) is 9.58 Å². The Labute approximate surface area is 274 Å². The summed E-state index contributed by atoms with van der Waals surface area (Å²) in [5.74, 6) is 1.18. The molecule has 8 rings (SSSR count). The predicted octanol–water partition coefficient (Wildman–Crippen LogP) is 5.61. The van der Waals surface area contributed by atoms with Crippen LogP contribution in [0, 0.1) is 24.0 Å². The molecule has 9 nitrogen and oxygen atoms in total. The first-order valence-electron chi connectivity index (χ1n) is 16.2. The number of rotatable bonds is 5. The number of aliphatic hydroxyl groups is 1. The maximum atomic E-state index is 17.4. The number of aryl methyl sites for hydroxylation is 1. The van der Waals surface area contributed by atoms with Gasteiger partial charge < -0.3 is 19.8 Å². The number of β-amino-alcohol motifs (C(OH)–C–C–N with tert-alkyl or cyclic N) is 1. The first kappa shape index (κ1) is 30.7. The summed E-state index contributed by atoms with van der Waals surface area (Å²) >= 11 is 0. The van der Waals surface area contributed by atoms with E-state index in [1.807, 2.05) is 4.90 Å². The van der Waals surface area contributed by atoms with E-state index in [9.17, 15) is 14.6 Å². The summed E-state index contributed by atoms with van der Waals surface area (Å²) in [6.45, 7) is 3.83. The van der Waals surface area contributed by atoms with Crippen molar-refractivity contribution in [2.45, 2.75) is 56.3 Å². The molecule has 3 saturated heterocycles. The minimum absolute atomic E-state index is 0.0148. The van der Waals surface area contributed by atoms with E-state index in [2.05, 4.69) is 20.9 Å². The molecule has 3 atom stereocenters. The number of aromatic hydroxyl groups is 1. The number of alkyl halides is 1. The molecule has 48 heavy (non-hydrogen) atoms. The van der Waals surface area contributed by atoms with Crippen LogP contribution in [-0.2, 0) is 7.05 Å². The van der Waals surface area contributed by atoms with Crippen molar-refractivity contribution in [1.29, 1.82) is 0 Å². The van der Waals surface area contributed by atoms with Crippen molar-refractivity contribution in [2.75, 3.05) is 37.7 Å². The van der Waals surface area contributed by atoms with Gasteiger partial charge >= 0.3 is 6.01 Å². The zero-order chi connectivity index (χ0) is 33.5. The number of halogens is 3. The number of ether oxygens (including phenoxy) is 1. The molecule has 0 aliphatic carbocycles. The highest BCUT2D eigenvalue weighted by atomic mass is 19.1. The standard InChI is InChI=1S/C36H35F3N6O3/c1-4-23-26(38)8-7-20-13-22(46)14-24(27(20)23)28-30(39)32-29(25-17-43(3)42-31(25)28)33(44-11-5-9-35(2,47)18-44)41-34(40-32)48-19-36-10-6-12-45(36)16-21(37)15-36/h1,7-8,13-14,17,21,46-47H,5-6,9-12,15-16,18-19H2,2-3H3/t21-,35-,36+/m1/s1. The van der Waals surface area contributed by atoms with Crippen LogP contribution in [0.2, 0.25) is 0 Å². The Morgan fingerprint density at radius 3 is 2.71 bits per heavy atom. The molecule has 5 heterocycles. The van der Waals surface area contributed by atoms with Gasteiger partial charge in [-0.2, -0.15) is 15.1 Å². The summed E-state index contributed by atoms with van der Waals surface area (Å²) in [5.41, 5.74) is -1.26. The number of anilines is 1. The van der Waals surface area contributed by atoms with Gasteiger partial charge in [0.05, 0.1) is 22.1 Å². The molecule has 0 radical (unpaired) electrons. The molecule has 3 aliphatic heterocycles. The van der Waals surface area contributed by atoms with Crippen molar-refractivity contribution in [3.8, 4) is 35.2 Å². The molecule has 0 spiro atoms. The smallest absolute Gasteiger partial charge is 0.319 e. The number of phenols is 1. The van der Waals surface area contributed by atoms with Crippen molar-refractivity contribution in [3.05, 3.63) is 47.7 Å². The van der Waals surface area contributed by atoms with Gasteiger partial charge in [0.15, 0.2) is 5.82 Å². The zero-order valence-electron chi connectivity index (χ0n) is 26.7. The quantitative estimate of drug-likeness (QED) is 0.236. The number of hydrogen-bond donors (Lipinski definition) is 2. The summed E-state index contributed by atoms with van der Waals surface area (Å²) in [4.78, 5) is 13.5. The molecule has 2 aromatic heterocycles. The largest absolute Gasteiger partial charge is 0.508 e. The molecule has 0 amide bonds. The second kappa shape index (κ2) is 11.0. The SMILES string of the molecule is C#Cc1c(F)ccc2cc(O)cc(-c3c(F)c4nc(OC[C@@]56CCCN5C[C@H](F)C6)nc(N5CCC[C@@](C)(O)C5)c4c4cn(C)nc34)c12. The fourth-order valence-corrected chi connectivity index (χ4v) is 8.26. The highest BCUT2D eigenvalue weighted by Crippen LogP contribution is 2.46. The fraction of sp³-hybridized carbons (Fsp3) is 0.417. The van der Waals surface area contributed by atoms with Gasteiger partial charge in [-0.25, -0.2) is 13.2 Å². The highest BCUT2D eigenvalue weighted by Gasteiger charge is 2.49. The van der Waals surface area contributed by atoms with E-state index in [4.69, 9.17) is 16.1 Å². The van der Waals surface area contributed by atoms with Gasteiger partial charge in [0.2, 0.25) is 0 Å². The lowest BCUT2D eigenvalue weighted by molar-refractivity contribution is 0.0447. The van der Waals surface area contributed by atoms with E-state index in [0.717, 1.165) is 19.4 Å². The summed E-state index contributed by atoms with van der Waals surface area (Å²) in [5, 5.41) is 28.0. The molecule has 0 unspecified atom stereocenters. The minimum Gasteiger partial charge on any atom is -0.508 e. The van der Waals surface area contributed by atoms with Gasteiger partial charge in [-0.05, 0) is 68.3 Å². The third-order valence-electron chi connectivity index (χ3n) is 10.3. The van der Waals surface area contributed by atoms with Crippen LogP contribution in [0.1, 0.15) is 44.6 Å². The van der Waals surface area contributed by atoms with E-state index < -0.39 is 28.9 Å². The topological polar surface area (TPSA) is 99.8 Å². The number of fused-ring (bicyclic) bond motifs is 5. The van der Waals surface area contributed by atoms with Crippen molar-refractivity contribution < 1.29 is 28.1 Å². The van der Waals surface area contributed by atoms with E-state index in [0.29, 0.717) is 54.3 Å². The van der Waals surface area contributed by atoms with Crippen LogP contribution in [0.15, 0.2) is 30.5 Å². The van der Waals surface area contributed by atoms with Crippen LogP contribution in [0.5, 0.6) is 11.8 Å². The van der Waals surface area contributed by atoms with E-state index in [-0.39, 0.29) is 58.0 Å². The Hall–Kier alpha value is -4.60. The highest BCUT2D eigenvalue weighted by molar-refractivity contribution is 6.18. The van der Waals surface area contributed by atoms with Crippen LogP contribution in [0.4, 0.5) is 19.0 Å². The van der Waals surface area contributed by atoms with Crippen LogP contribution in [0.25, 0.3) is 43.7 Å². The van der Waals surface area contributed by atoms with Gasteiger partial charge in [0.25, 0.3) is 0 Å². The number of nitrogens with zero attached hydrogens (tertiary/aromatic N) is 6. The molecular weight excluding hydrogens is 621 g/mol. The van der Waals surface area contributed by atoms with Gasteiger partial charge in [0.1, 0.15) is 41.2 Å². The van der Waals surface area contributed by atoms with Crippen LogP contribution in [-0.4, -0.2) is 85.0 Å². The van der Waals surface area contributed by atoms with Crippen LogP contribution >= 0.6 is 0 Å². The Morgan fingerprint density at radius 1 is 1.10 bits per heavy atom. The molecule has 0 saturated carbocycles. The van der Waals surface area contributed by atoms with Crippen molar-refractivity contribution in [3.63, 3.8) is 0 Å². The van der Waals surface area contributed by atoms with Crippen molar-refractivity contribution in [1.82, 2.24) is 24.6 Å². The molecule has 3 aliphatic rings. The maximum absolute atomic E-state index is 17.4. The lowest BCUT2D eigenvalue weighted by atomic mass is 9.91. The summed E-state index contributed by atoms with van der Waals surface area (Å²) in [6, 6.07) is 5.41. The molecule has 12 heteroatoms. The Morgan fingerprint density at radius 2 is 1.92 bits per heavy atom. The Bertz CT molecular complexity index is 2180. The van der Waals surface area contributed by atoms with Crippen LogP contribution in [0.3, 0.4) is 0 Å². The maximum Gasteiger partial charge on any atom is 0.319 e. The number of hydrogen-bond acceptors (Lipinski definition) is 8. The van der Waals surface area contributed by atoms with Gasteiger partial charge in [0, 0.05) is 55.6 Å². The second-order valence-electron chi connectivity index (χ2n) is 13.9. The lowest BCUT2D eigenvalue weighted by Gasteiger charge is -2.38. The second-order valence-corrected chi connectivity index (χ2v) is 13.9. The molecule has 3 aromatic carbocycles. The number of aromatic nitrogens is 4. The number of benzene rings is 3. The average molecular weight is 657 g/mol. The third-order valence-corrected chi connectivity index (χ3v) is 10.3. The zero-order valence-corrected chi connectivity index (χ0v) is 26.7. The molecule has 0 bridgehead atoms.